The lowest BCUT2D eigenvalue weighted by atomic mass is 9.83. The minimum absolute atomic E-state index is 0.0306. The Kier molecular flexibility index (Phi) is 1.67. The minimum atomic E-state index is -0.434. The number of fused-ring (bicyclic) bond motifs is 1. The molecule has 0 fully saturated rings. The number of ether oxygens (including phenoxy) is 1. The fourth-order valence-electron chi connectivity index (χ4n) is 1.58. The maximum absolute atomic E-state index is 9.30. The van der Waals surface area contributed by atoms with Crippen molar-refractivity contribution in [3.05, 3.63) is 42.2 Å². The standard InChI is InChI=1S/C11H12O2/c1-8-11(2,7-12)9-5-3-4-6-10(9)13-8/h3-6,12H,1,7H2,2H3. The first kappa shape index (κ1) is 8.32. The minimum Gasteiger partial charge on any atom is -0.461 e. The molecule has 1 N–H and O–H groups in total. The Morgan fingerprint density at radius 3 is 2.85 bits per heavy atom. The molecule has 1 unspecified atom stereocenters. The first-order valence-electron chi connectivity index (χ1n) is 4.26. The van der Waals surface area contributed by atoms with E-state index in [0.29, 0.717) is 5.76 Å². The molecule has 2 rings (SSSR count). The van der Waals surface area contributed by atoms with Crippen LogP contribution in [0.25, 0.3) is 0 Å². The van der Waals surface area contributed by atoms with Crippen LogP contribution >= 0.6 is 0 Å². The molecule has 68 valence electrons. The van der Waals surface area contributed by atoms with E-state index in [-0.39, 0.29) is 6.61 Å². The highest BCUT2D eigenvalue weighted by atomic mass is 16.5. The van der Waals surface area contributed by atoms with Gasteiger partial charge in [0.2, 0.25) is 0 Å². The van der Waals surface area contributed by atoms with E-state index in [9.17, 15) is 5.11 Å². The summed E-state index contributed by atoms with van der Waals surface area (Å²) >= 11 is 0. The summed E-state index contributed by atoms with van der Waals surface area (Å²) in [5.41, 5.74) is 0.582. The molecule has 0 saturated carbocycles. The van der Waals surface area contributed by atoms with Crippen molar-refractivity contribution in [1.29, 1.82) is 0 Å². The third-order valence-electron chi connectivity index (χ3n) is 2.65. The van der Waals surface area contributed by atoms with Crippen molar-refractivity contribution in [2.75, 3.05) is 6.61 Å². The zero-order valence-corrected chi connectivity index (χ0v) is 7.58. The molecule has 0 radical (unpaired) electrons. The van der Waals surface area contributed by atoms with Crippen LogP contribution in [0.5, 0.6) is 5.75 Å². The van der Waals surface area contributed by atoms with Gasteiger partial charge in [-0.05, 0) is 13.0 Å². The van der Waals surface area contributed by atoms with Gasteiger partial charge in [-0.15, -0.1) is 0 Å². The first-order chi connectivity index (χ1) is 6.18. The molecule has 0 spiro atoms. The lowest BCUT2D eigenvalue weighted by Gasteiger charge is -2.20. The second-order valence-electron chi connectivity index (χ2n) is 3.51. The quantitative estimate of drug-likeness (QED) is 0.707. The predicted octanol–water partition coefficient (Wildman–Crippen LogP) is 1.84. The highest BCUT2D eigenvalue weighted by Gasteiger charge is 2.39. The van der Waals surface area contributed by atoms with Gasteiger partial charge in [0.05, 0.1) is 12.0 Å². The molecule has 1 aromatic rings. The average Bonchev–Trinajstić information content (AvgIpc) is 2.41. The van der Waals surface area contributed by atoms with Gasteiger partial charge in [0.25, 0.3) is 0 Å². The number of rotatable bonds is 1. The van der Waals surface area contributed by atoms with Crippen LogP contribution in [-0.2, 0) is 5.41 Å². The molecular weight excluding hydrogens is 164 g/mol. The Morgan fingerprint density at radius 1 is 1.46 bits per heavy atom. The summed E-state index contributed by atoms with van der Waals surface area (Å²) in [7, 11) is 0. The predicted molar refractivity (Wildman–Crippen MR) is 50.6 cm³/mol. The van der Waals surface area contributed by atoms with Crippen LogP contribution in [0.4, 0.5) is 0 Å². The van der Waals surface area contributed by atoms with E-state index in [0.717, 1.165) is 11.3 Å². The van der Waals surface area contributed by atoms with E-state index in [2.05, 4.69) is 6.58 Å². The smallest absolute Gasteiger partial charge is 0.131 e. The van der Waals surface area contributed by atoms with Crippen LogP contribution in [0.3, 0.4) is 0 Å². The number of aliphatic hydroxyl groups excluding tert-OH is 1. The van der Waals surface area contributed by atoms with Gasteiger partial charge < -0.3 is 9.84 Å². The van der Waals surface area contributed by atoms with Gasteiger partial charge in [-0.25, -0.2) is 0 Å². The van der Waals surface area contributed by atoms with Gasteiger partial charge in [0.15, 0.2) is 0 Å². The SMILES string of the molecule is C=C1Oc2ccccc2C1(C)CO. The fraction of sp³-hybridized carbons (Fsp3) is 0.273. The Hall–Kier alpha value is -1.28. The zero-order valence-electron chi connectivity index (χ0n) is 7.58. The normalized spacial score (nSPS) is 25.5. The van der Waals surface area contributed by atoms with Crippen LogP contribution in [-0.4, -0.2) is 11.7 Å². The number of hydrogen-bond acceptors (Lipinski definition) is 2. The van der Waals surface area contributed by atoms with E-state index in [1.165, 1.54) is 0 Å². The second kappa shape index (κ2) is 2.60. The number of benzene rings is 1. The summed E-state index contributed by atoms with van der Waals surface area (Å²) in [5, 5.41) is 9.30. The van der Waals surface area contributed by atoms with E-state index in [1.54, 1.807) is 0 Å². The molecule has 1 atom stereocenters. The molecule has 0 saturated heterocycles. The lowest BCUT2D eigenvalue weighted by molar-refractivity contribution is 0.212. The van der Waals surface area contributed by atoms with Gasteiger partial charge in [-0.3, -0.25) is 0 Å². The van der Waals surface area contributed by atoms with Gasteiger partial charge >= 0.3 is 0 Å². The third-order valence-corrected chi connectivity index (χ3v) is 2.65. The van der Waals surface area contributed by atoms with E-state index in [1.807, 2.05) is 31.2 Å². The van der Waals surface area contributed by atoms with Crippen molar-refractivity contribution in [3.8, 4) is 5.75 Å². The number of aliphatic hydroxyl groups is 1. The van der Waals surface area contributed by atoms with E-state index in [4.69, 9.17) is 4.74 Å². The highest BCUT2D eigenvalue weighted by molar-refractivity contribution is 5.49. The molecule has 1 aliphatic heterocycles. The van der Waals surface area contributed by atoms with Crippen molar-refractivity contribution in [2.45, 2.75) is 12.3 Å². The van der Waals surface area contributed by atoms with Crippen molar-refractivity contribution in [3.63, 3.8) is 0 Å². The van der Waals surface area contributed by atoms with Crippen LogP contribution < -0.4 is 4.74 Å². The van der Waals surface area contributed by atoms with Crippen molar-refractivity contribution in [1.82, 2.24) is 0 Å². The molecular formula is C11H12O2. The molecule has 1 heterocycles. The van der Waals surface area contributed by atoms with Crippen LogP contribution in [0.15, 0.2) is 36.6 Å². The molecule has 1 aromatic carbocycles. The van der Waals surface area contributed by atoms with Crippen molar-refractivity contribution >= 4 is 0 Å². The Balaban J connectivity index is 2.59. The maximum Gasteiger partial charge on any atom is 0.131 e. The van der Waals surface area contributed by atoms with Gasteiger partial charge in [-0.1, -0.05) is 24.8 Å². The highest BCUT2D eigenvalue weighted by Crippen LogP contribution is 2.43. The monoisotopic (exact) mass is 176 g/mol. The molecule has 0 aromatic heterocycles. The number of para-hydroxylation sites is 1. The number of hydrogen-bond donors (Lipinski definition) is 1. The summed E-state index contributed by atoms with van der Waals surface area (Å²) in [5.74, 6) is 1.43. The second-order valence-corrected chi connectivity index (χ2v) is 3.51. The molecule has 0 aliphatic carbocycles. The largest absolute Gasteiger partial charge is 0.461 e. The molecule has 13 heavy (non-hydrogen) atoms. The van der Waals surface area contributed by atoms with Gasteiger partial charge in [0, 0.05) is 5.56 Å². The molecule has 1 aliphatic rings. The summed E-state index contributed by atoms with van der Waals surface area (Å²) in [4.78, 5) is 0. The topological polar surface area (TPSA) is 29.5 Å². The summed E-state index contributed by atoms with van der Waals surface area (Å²) in [6.45, 7) is 5.77. The average molecular weight is 176 g/mol. The summed E-state index contributed by atoms with van der Waals surface area (Å²) in [6, 6.07) is 7.70. The summed E-state index contributed by atoms with van der Waals surface area (Å²) in [6.07, 6.45) is 0. The zero-order chi connectivity index (χ0) is 9.47. The lowest BCUT2D eigenvalue weighted by Crippen LogP contribution is -2.25. The molecule has 0 amide bonds. The van der Waals surface area contributed by atoms with Crippen molar-refractivity contribution in [2.24, 2.45) is 0 Å². The maximum atomic E-state index is 9.30. The van der Waals surface area contributed by atoms with E-state index < -0.39 is 5.41 Å². The van der Waals surface area contributed by atoms with Crippen molar-refractivity contribution < 1.29 is 9.84 Å². The Morgan fingerprint density at radius 2 is 2.15 bits per heavy atom. The Bertz CT molecular complexity index is 357. The summed E-state index contributed by atoms with van der Waals surface area (Å²) < 4.78 is 5.46. The molecule has 2 heteroatoms. The van der Waals surface area contributed by atoms with Crippen LogP contribution in [0, 0.1) is 0 Å². The van der Waals surface area contributed by atoms with Crippen LogP contribution in [0.2, 0.25) is 0 Å². The molecule has 0 bridgehead atoms. The van der Waals surface area contributed by atoms with Gasteiger partial charge in [-0.2, -0.15) is 0 Å². The first-order valence-corrected chi connectivity index (χ1v) is 4.26. The van der Waals surface area contributed by atoms with Gasteiger partial charge in [0.1, 0.15) is 11.5 Å². The Labute approximate surface area is 77.5 Å². The van der Waals surface area contributed by atoms with E-state index >= 15 is 0 Å². The fourth-order valence-corrected chi connectivity index (χ4v) is 1.58. The molecule has 2 nitrogen and oxygen atoms in total. The third kappa shape index (κ3) is 0.988. The van der Waals surface area contributed by atoms with Crippen LogP contribution in [0.1, 0.15) is 12.5 Å².